The van der Waals surface area contributed by atoms with E-state index < -0.39 is 48.4 Å². The van der Waals surface area contributed by atoms with Crippen LogP contribution in [0.5, 0.6) is 0 Å². The highest BCUT2D eigenvalue weighted by Gasteiger charge is 2.62. The fourth-order valence-corrected chi connectivity index (χ4v) is 2.98. The molecule has 0 spiro atoms. The highest BCUT2D eigenvalue weighted by atomic mass is 19.3. The van der Waals surface area contributed by atoms with Gasteiger partial charge in [-0.15, -0.1) is 0 Å². The summed E-state index contributed by atoms with van der Waals surface area (Å²) in [6, 6.07) is 3.98. The molecule has 4 unspecified atom stereocenters. The molecule has 0 bridgehead atoms. The van der Waals surface area contributed by atoms with Crippen molar-refractivity contribution in [2.75, 3.05) is 6.61 Å². The molecular weight excluding hydrogens is 290 g/mol. The van der Waals surface area contributed by atoms with Gasteiger partial charge in [-0.25, -0.2) is 17.6 Å². The van der Waals surface area contributed by atoms with Crippen LogP contribution in [0.4, 0.5) is 17.6 Å². The molecule has 0 N–H and O–H groups in total. The molecule has 21 heavy (non-hydrogen) atoms. The largest absolute Gasteiger partial charge is 0.368 e. The van der Waals surface area contributed by atoms with Gasteiger partial charge < -0.3 is 9.47 Å². The van der Waals surface area contributed by atoms with E-state index in [2.05, 4.69) is 0 Å². The molecule has 0 radical (unpaired) electrons. The van der Waals surface area contributed by atoms with Crippen molar-refractivity contribution in [3.05, 3.63) is 34.9 Å². The lowest BCUT2D eigenvalue weighted by Gasteiger charge is -2.20. The molecule has 2 fully saturated rings. The Morgan fingerprint density at radius 2 is 2.05 bits per heavy atom. The number of nitriles is 1. The van der Waals surface area contributed by atoms with Crippen molar-refractivity contribution in [3.63, 3.8) is 0 Å². The summed E-state index contributed by atoms with van der Waals surface area (Å²) < 4.78 is 64.3. The average Bonchev–Trinajstić information content (AvgIpc) is 2.95. The van der Waals surface area contributed by atoms with Crippen LogP contribution in [0.25, 0.3) is 0 Å². The van der Waals surface area contributed by atoms with Crippen LogP contribution in [0.2, 0.25) is 0 Å². The molecule has 0 saturated carbocycles. The Hall–Kier alpha value is -1.65. The van der Waals surface area contributed by atoms with Crippen molar-refractivity contribution in [1.29, 1.82) is 5.26 Å². The molecule has 2 saturated heterocycles. The Morgan fingerprint density at radius 3 is 2.71 bits per heavy atom. The summed E-state index contributed by atoms with van der Waals surface area (Å²) in [4.78, 5) is 0. The molecule has 2 aliphatic rings. The smallest absolute Gasteiger partial charge is 0.299 e. The first-order chi connectivity index (χ1) is 9.86. The quantitative estimate of drug-likeness (QED) is 0.749. The van der Waals surface area contributed by atoms with E-state index in [0.717, 1.165) is 6.07 Å². The van der Waals surface area contributed by atoms with E-state index in [9.17, 15) is 17.6 Å². The van der Waals surface area contributed by atoms with Gasteiger partial charge in [0.2, 0.25) is 0 Å². The van der Waals surface area contributed by atoms with E-state index >= 15 is 0 Å². The van der Waals surface area contributed by atoms with E-state index in [-0.39, 0.29) is 11.1 Å². The van der Waals surface area contributed by atoms with E-state index in [4.69, 9.17) is 14.7 Å². The predicted octanol–water partition coefficient (Wildman–Crippen LogP) is 2.68. The molecule has 112 valence electrons. The van der Waals surface area contributed by atoms with Crippen LogP contribution < -0.4 is 0 Å². The molecule has 0 aromatic heterocycles. The highest BCUT2D eigenvalue weighted by molar-refractivity contribution is 5.36. The minimum absolute atomic E-state index is 0.0247. The molecule has 2 heterocycles. The van der Waals surface area contributed by atoms with Crippen LogP contribution in [0, 0.1) is 29.9 Å². The van der Waals surface area contributed by atoms with Gasteiger partial charge >= 0.3 is 0 Å². The van der Waals surface area contributed by atoms with Crippen LogP contribution in [0.15, 0.2) is 12.1 Å². The maximum Gasteiger partial charge on any atom is 0.299 e. The lowest BCUT2D eigenvalue weighted by atomic mass is 9.86. The minimum atomic E-state index is -3.19. The lowest BCUT2D eigenvalue weighted by molar-refractivity contribution is -0.105. The molecule has 2 aliphatic heterocycles. The first kappa shape index (κ1) is 14.3. The van der Waals surface area contributed by atoms with Crippen molar-refractivity contribution in [2.24, 2.45) is 0 Å². The fourth-order valence-electron chi connectivity index (χ4n) is 2.98. The zero-order valence-electron chi connectivity index (χ0n) is 10.9. The average molecular weight is 301 g/mol. The second-order valence-corrected chi connectivity index (χ2v) is 5.24. The second-order valence-electron chi connectivity index (χ2n) is 5.24. The van der Waals surface area contributed by atoms with Gasteiger partial charge in [0, 0.05) is 0 Å². The summed E-state index contributed by atoms with van der Waals surface area (Å²) in [5, 5.41) is 9.09. The molecule has 1 aromatic rings. The molecule has 3 nitrogen and oxygen atoms in total. The summed E-state index contributed by atoms with van der Waals surface area (Å²) in [7, 11) is 0. The van der Waals surface area contributed by atoms with Gasteiger partial charge in [-0.1, -0.05) is 6.07 Å². The van der Waals surface area contributed by atoms with Crippen LogP contribution >= 0.6 is 0 Å². The minimum Gasteiger partial charge on any atom is -0.368 e. The number of ether oxygens (including phenoxy) is 2. The van der Waals surface area contributed by atoms with Crippen LogP contribution in [0.3, 0.4) is 0 Å². The Kier molecular flexibility index (Phi) is 3.19. The zero-order valence-corrected chi connectivity index (χ0v) is 10.9. The Morgan fingerprint density at radius 1 is 1.33 bits per heavy atom. The van der Waals surface area contributed by atoms with Gasteiger partial charge in [-0.05, 0) is 24.1 Å². The Balaban J connectivity index is 2.05. The van der Waals surface area contributed by atoms with E-state index in [1.165, 1.54) is 13.0 Å². The zero-order chi connectivity index (χ0) is 15.4. The molecule has 0 amide bonds. The molecule has 3 rings (SSSR count). The number of hydrogen-bond acceptors (Lipinski definition) is 3. The van der Waals surface area contributed by atoms with E-state index in [0.29, 0.717) is 0 Å². The highest BCUT2D eigenvalue weighted by Crippen LogP contribution is 2.48. The van der Waals surface area contributed by atoms with Gasteiger partial charge in [0.1, 0.15) is 12.7 Å². The summed E-state index contributed by atoms with van der Waals surface area (Å²) in [5.74, 6) is -6.15. The number of nitrogens with zero attached hydrogens (tertiary/aromatic N) is 1. The predicted molar refractivity (Wildman–Crippen MR) is 62.8 cm³/mol. The molecule has 4 atom stereocenters. The summed E-state index contributed by atoms with van der Waals surface area (Å²) in [5.41, 5.74) is 0.231. The first-order valence-electron chi connectivity index (χ1n) is 6.36. The molecule has 7 heteroatoms. The van der Waals surface area contributed by atoms with E-state index in [1.807, 2.05) is 0 Å². The summed E-state index contributed by atoms with van der Waals surface area (Å²) >= 11 is 0. The maximum absolute atomic E-state index is 13.7. The molecular formula is C14H11F4NO2. The lowest BCUT2D eigenvalue weighted by Crippen LogP contribution is -2.34. The number of alkyl halides is 2. The van der Waals surface area contributed by atoms with Gasteiger partial charge in [-0.3, -0.25) is 0 Å². The van der Waals surface area contributed by atoms with E-state index in [1.54, 1.807) is 6.07 Å². The number of halogens is 4. The number of rotatable bonds is 1. The van der Waals surface area contributed by atoms with Gasteiger partial charge in [0.25, 0.3) is 5.92 Å². The Bertz CT molecular complexity index is 628. The van der Waals surface area contributed by atoms with Crippen molar-refractivity contribution in [3.8, 4) is 6.07 Å². The van der Waals surface area contributed by atoms with Crippen LogP contribution in [-0.2, 0) is 9.47 Å². The number of fused-ring (bicyclic) bond motifs is 1. The van der Waals surface area contributed by atoms with Crippen LogP contribution in [-0.4, -0.2) is 30.8 Å². The van der Waals surface area contributed by atoms with Gasteiger partial charge in [-0.2, -0.15) is 5.26 Å². The van der Waals surface area contributed by atoms with Crippen molar-refractivity contribution >= 4 is 0 Å². The normalized spacial score (nSPS) is 33.7. The van der Waals surface area contributed by atoms with Gasteiger partial charge in [0.05, 0.1) is 12.0 Å². The third-order valence-corrected chi connectivity index (χ3v) is 4.02. The van der Waals surface area contributed by atoms with Crippen molar-refractivity contribution in [2.45, 2.75) is 37.1 Å². The first-order valence-corrected chi connectivity index (χ1v) is 6.36. The third kappa shape index (κ3) is 2.01. The van der Waals surface area contributed by atoms with Gasteiger partial charge in [0.15, 0.2) is 23.8 Å². The third-order valence-electron chi connectivity index (χ3n) is 4.02. The number of hydrogen-bond donors (Lipinski definition) is 0. The second kappa shape index (κ2) is 4.68. The summed E-state index contributed by atoms with van der Waals surface area (Å²) in [6.07, 6.45) is -3.78. The Labute approximate surface area is 118 Å². The topological polar surface area (TPSA) is 42.2 Å². The number of benzene rings is 1. The van der Waals surface area contributed by atoms with Crippen molar-refractivity contribution in [1.82, 2.24) is 0 Å². The standard InChI is InChI=1S/C14H11F4NO2/c1-6-7(2-3-8(15)11(6)16)10-9(4-19)21-13-12(10)20-5-14(13,17)18/h2-3,9-10,12-13H,5H2,1H3. The fraction of sp³-hybridized carbons (Fsp3) is 0.500. The molecule has 0 aliphatic carbocycles. The van der Waals surface area contributed by atoms with Crippen LogP contribution in [0.1, 0.15) is 17.0 Å². The molecule has 1 aromatic carbocycles. The van der Waals surface area contributed by atoms with Crippen molar-refractivity contribution < 1.29 is 27.0 Å². The SMILES string of the molecule is Cc1c(C2C(C#N)OC3C2OCC3(F)F)ccc(F)c1F. The monoisotopic (exact) mass is 301 g/mol. The summed E-state index contributed by atoms with van der Waals surface area (Å²) in [6.45, 7) is 0.530. The maximum atomic E-state index is 13.7.